The van der Waals surface area contributed by atoms with Crippen LogP contribution in [0, 0.1) is 11.8 Å². The number of aliphatic hydroxyl groups is 1. The molecule has 0 aliphatic rings. The number of rotatable bonds is 16. The zero-order chi connectivity index (χ0) is 29.9. The minimum Gasteiger partial charge on any atom is -0.394 e. The zero-order valence-corrected chi connectivity index (χ0v) is 23.3. The summed E-state index contributed by atoms with van der Waals surface area (Å²) in [6.07, 6.45) is 3.68. The van der Waals surface area contributed by atoms with Crippen LogP contribution in [0.25, 0.3) is 0 Å². The van der Waals surface area contributed by atoms with Gasteiger partial charge in [-0.3, -0.25) is 24.0 Å². The van der Waals surface area contributed by atoms with E-state index >= 15 is 0 Å². The molecular weight excluding hydrogens is 510 g/mol. The molecule has 0 aliphatic carbocycles. The van der Waals surface area contributed by atoms with Crippen LogP contribution >= 0.6 is 0 Å². The van der Waals surface area contributed by atoms with Gasteiger partial charge in [0.15, 0.2) is 0 Å². The second-order valence-electron chi connectivity index (χ2n) is 10.2. The quantitative estimate of drug-likeness (QED) is 0.131. The van der Waals surface area contributed by atoms with Crippen LogP contribution < -0.4 is 21.7 Å². The number of hydrogen-bond acceptors (Lipinski definition) is 8. The number of aromatic nitrogens is 2. The first-order valence-corrected chi connectivity index (χ1v) is 12.8. The van der Waals surface area contributed by atoms with Gasteiger partial charge < -0.3 is 41.5 Å². The lowest BCUT2D eigenvalue weighted by Crippen LogP contribution is -2.62. The Labute approximate surface area is 227 Å². The fourth-order valence-electron chi connectivity index (χ4n) is 3.97. The van der Waals surface area contributed by atoms with Gasteiger partial charge in [-0.2, -0.15) is 0 Å². The summed E-state index contributed by atoms with van der Waals surface area (Å²) < 4.78 is 0. The van der Waals surface area contributed by atoms with Crippen LogP contribution in [0.5, 0.6) is 0 Å². The number of carbonyl (C=O) groups excluding carboxylic acids is 6. The number of nitrogens with one attached hydrogen (secondary N) is 4. The summed E-state index contributed by atoms with van der Waals surface area (Å²) in [6, 6.07) is -5.82. The Morgan fingerprint density at radius 3 is 2.15 bits per heavy atom. The summed E-state index contributed by atoms with van der Waals surface area (Å²) in [5.74, 6) is -4.09. The molecule has 5 atom stereocenters. The Bertz CT molecular complexity index is 997. The molecule has 0 fully saturated rings. The van der Waals surface area contributed by atoms with Gasteiger partial charge in [0, 0.05) is 25.2 Å². The van der Waals surface area contributed by atoms with Gasteiger partial charge in [0.2, 0.25) is 29.5 Å². The zero-order valence-electron chi connectivity index (χ0n) is 23.3. The Morgan fingerprint density at radius 2 is 1.72 bits per heavy atom. The van der Waals surface area contributed by atoms with Gasteiger partial charge in [0.05, 0.1) is 19.0 Å². The molecule has 1 aromatic rings. The lowest BCUT2D eigenvalue weighted by molar-refractivity contribution is -0.148. The summed E-state index contributed by atoms with van der Waals surface area (Å²) >= 11 is 0. The molecular formula is C25H41N7O7. The number of aldehydes is 1. The van der Waals surface area contributed by atoms with Crippen LogP contribution in [-0.4, -0.2) is 92.6 Å². The summed E-state index contributed by atoms with van der Waals surface area (Å²) in [7, 11) is 0. The SMILES string of the molecule is CC(=O)N[C@@H](CO)C(=O)N[C@@H](C)C(=O)N[C@H](C(=O)N([C@H](C=O)Cc1cnc[nH]1)[C@@H](CC(C)C)C(N)=O)C(C)C. The number of H-pyrrole nitrogens is 1. The van der Waals surface area contributed by atoms with Crippen LogP contribution in [0.1, 0.15) is 53.7 Å². The number of primary amides is 1. The Balaban J connectivity index is 3.28. The minimum absolute atomic E-state index is 0.0357. The highest BCUT2D eigenvalue weighted by Gasteiger charge is 2.40. The maximum atomic E-state index is 13.9. The maximum absolute atomic E-state index is 13.9. The Hall–Kier alpha value is -3.81. The number of nitrogens with two attached hydrogens (primary N) is 1. The molecule has 218 valence electrons. The van der Waals surface area contributed by atoms with E-state index < -0.39 is 72.3 Å². The molecule has 0 aromatic carbocycles. The summed E-state index contributed by atoms with van der Waals surface area (Å²) in [5.41, 5.74) is 6.24. The molecule has 0 unspecified atom stereocenters. The van der Waals surface area contributed by atoms with Crippen LogP contribution in [-0.2, 0) is 35.2 Å². The molecule has 5 amide bonds. The minimum atomic E-state index is -1.26. The number of aromatic amines is 1. The van der Waals surface area contributed by atoms with Crippen molar-refractivity contribution < 1.29 is 33.9 Å². The summed E-state index contributed by atoms with van der Waals surface area (Å²) in [6.45, 7) is 8.90. The van der Waals surface area contributed by atoms with Crippen LogP contribution in [0.2, 0.25) is 0 Å². The van der Waals surface area contributed by atoms with Crippen molar-refractivity contribution in [3.05, 3.63) is 18.2 Å². The molecule has 0 bridgehead atoms. The van der Waals surface area contributed by atoms with E-state index in [0.717, 1.165) is 4.90 Å². The standard InChI is InChI=1S/C25H41N7O7/c1-13(2)7-20(22(26)36)32(18(10-33)8-17-9-27-12-28-17)25(39)21(14(3)4)31-23(37)15(5)29-24(38)19(11-34)30-16(6)35/h9-10,12-15,18-21,34H,7-8,11H2,1-6H3,(H2,26,36)(H,27,28)(H,29,38)(H,30,35)(H,31,37)/t15-,18-,19-,20-,21-/m0/s1. The molecule has 1 aromatic heterocycles. The van der Waals surface area contributed by atoms with Gasteiger partial charge in [-0.1, -0.05) is 27.7 Å². The van der Waals surface area contributed by atoms with Crippen LogP contribution in [0.3, 0.4) is 0 Å². The van der Waals surface area contributed by atoms with E-state index in [2.05, 4.69) is 25.9 Å². The van der Waals surface area contributed by atoms with Crippen LogP contribution in [0.4, 0.5) is 0 Å². The smallest absolute Gasteiger partial charge is 0.246 e. The third-order valence-corrected chi connectivity index (χ3v) is 5.97. The fourth-order valence-corrected chi connectivity index (χ4v) is 3.97. The molecule has 0 aliphatic heterocycles. The van der Waals surface area contributed by atoms with E-state index in [4.69, 9.17) is 5.73 Å². The molecule has 39 heavy (non-hydrogen) atoms. The van der Waals surface area contributed by atoms with Gasteiger partial charge in [-0.05, 0) is 25.2 Å². The highest BCUT2D eigenvalue weighted by molar-refractivity contribution is 5.96. The van der Waals surface area contributed by atoms with E-state index in [0.29, 0.717) is 12.0 Å². The molecule has 0 spiro atoms. The van der Waals surface area contributed by atoms with Crippen molar-refractivity contribution in [2.24, 2.45) is 17.6 Å². The Kier molecular flexibility index (Phi) is 13.3. The number of imidazole rings is 1. The first kappa shape index (κ1) is 33.2. The van der Waals surface area contributed by atoms with E-state index in [9.17, 15) is 33.9 Å². The maximum Gasteiger partial charge on any atom is 0.246 e. The number of nitrogens with zero attached hydrogens (tertiary/aromatic N) is 2. The normalized spacial score (nSPS) is 15.0. The molecule has 0 saturated heterocycles. The second kappa shape index (κ2) is 15.6. The second-order valence-corrected chi connectivity index (χ2v) is 10.2. The van der Waals surface area contributed by atoms with Crippen molar-refractivity contribution in [2.75, 3.05) is 6.61 Å². The lowest BCUT2D eigenvalue weighted by atomic mass is 9.95. The number of aliphatic hydroxyl groups excluding tert-OH is 1. The molecule has 14 heteroatoms. The Morgan fingerprint density at radius 1 is 1.08 bits per heavy atom. The summed E-state index contributed by atoms with van der Waals surface area (Å²) in [4.78, 5) is 83.3. The van der Waals surface area contributed by atoms with Crippen molar-refractivity contribution >= 4 is 35.8 Å². The lowest BCUT2D eigenvalue weighted by Gasteiger charge is -2.38. The first-order valence-electron chi connectivity index (χ1n) is 12.8. The number of hydrogen-bond donors (Lipinski definition) is 6. The van der Waals surface area contributed by atoms with Gasteiger partial charge in [-0.25, -0.2) is 4.98 Å². The van der Waals surface area contributed by atoms with Gasteiger partial charge in [-0.15, -0.1) is 0 Å². The predicted molar refractivity (Wildman–Crippen MR) is 140 cm³/mol. The highest BCUT2D eigenvalue weighted by atomic mass is 16.3. The third kappa shape index (κ3) is 10.1. The van der Waals surface area contributed by atoms with Crippen molar-refractivity contribution in [3.8, 4) is 0 Å². The van der Waals surface area contributed by atoms with Crippen molar-refractivity contribution in [2.45, 2.75) is 84.6 Å². The van der Waals surface area contributed by atoms with Crippen LogP contribution in [0.15, 0.2) is 12.5 Å². The average molecular weight is 552 g/mol. The monoisotopic (exact) mass is 551 g/mol. The molecule has 1 heterocycles. The van der Waals surface area contributed by atoms with Crippen molar-refractivity contribution in [1.29, 1.82) is 0 Å². The van der Waals surface area contributed by atoms with Crippen molar-refractivity contribution in [1.82, 2.24) is 30.8 Å². The number of carbonyl (C=O) groups is 6. The van der Waals surface area contributed by atoms with E-state index in [1.807, 2.05) is 13.8 Å². The fraction of sp³-hybridized carbons (Fsp3) is 0.640. The largest absolute Gasteiger partial charge is 0.394 e. The van der Waals surface area contributed by atoms with Gasteiger partial charge >= 0.3 is 0 Å². The molecule has 1 rings (SSSR count). The van der Waals surface area contributed by atoms with E-state index in [-0.39, 0.29) is 18.8 Å². The van der Waals surface area contributed by atoms with E-state index in [1.165, 1.54) is 26.4 Å². The highest BCUT2D eigenvalue weighted by Crippen LogP contribution is 2.20. The molecule has 0 saturated carbocycles. The van der Waals surface area contributed by atoms with E-state index in [1.54, 1.807) is 13.8 Å². The van der Waals surface area contributed by atoms with Gasteiger partial charge in [0.1, 0.15) is 30.5 Å². The molecule has 7 N–H and O–H groups in total. The average Bonchev–Trinajstić information content (AvgIpc) is 3.36. The summed E-state index contributed by atoms with van der Waals surface area (Å²) in [5, 5.41) is 16.6. The molecule has 14 nitrogen and oxygen atoms in total. The first-order chi connectivity index (χ1) is 18.2. The topological polar surface area (TPSA) is 217 Å². The predicted octanol–water partition coefficient (Wildman–Crippen LogP) is -1.61. The van der Waals surface area contributed by atoms with Gasteiger partial charge in [0.25, 0.3) is 0 Å². The van der Waals surface area contributed by atoms with Crippen molar-refractivity contribution in [3.63, 3.8) is 0 Å². The molecule has 0 radical (unpaired) electrons. The number of amides is 5. The third-order valence-electron chi connectivity index (χ3n) is 5.97.